The third-order valence-corrected chi connectivity index (χ3v) is 2.56. The molecule has 94 valence electrons. The van der Waals surface area contributed by atoms with Crippen molar-refractivity contribution in [2.75, 3.05) is 26.7 Å². The molecule has 0 aliphatic carbocycles. The van der Waals surface area contributed by atoms with Gasteiger partial charge in [-0.2, -0.15) is 0 Å². The summed E-state index contributed by atoms with van der Waals surface area (Å²) < 4.78 is 0. The van der Waals surface area contributed by atoms with Gasteiger partial charge in [0.1, 0.15) is 0 Å². The summed E-state index contributed by atoms with van der Waals surface area (Å²) >= 11 is 0. The largest absolute Gasteiger partial charge is 0.352 e. The molecule has 0 saturated heterocycles. The van der Waals surface area contributed by atoms with Gasteiger partial charge in [-0.1, -0.05) is 19.9 Å². The Morgan fingerprint density at radius 3 is 2.69 bits per heavy atom. The number of nitrogens with zero attached hydrogens (tertiary/aromatic N) is 1. The maximum Gasteiger partial charge on any atom is 0.234 e. The van der Waals surface area contributed by atoms with Gasteiger partial charge < -0.3 is 11.1 Å². The summed E-state index contributed by atoms with van der Waals surface area (Å²) in [7, 11) is 1.93. The number of carbonyl (C=O) groups excluding carboxylic acids is 1. The molecule has 4 heteroatoms. The van der Waals surface area contributed by atoms with Crippen molar-refractivity contribution >= 4 is 5.91 Å². The first-order valence-electron chi connectivity index (χ1n) is 5.79. The van der Waals surface area contributed by atoms with Crippen LogP contribution in [0.3, 0.4) is 0 Å². The lowest BCUT2D eigenvalue weighted by Crippen LogP contribution is -2.38. The highest BCUT2D eigenvalue weighted by Crippen LogP contribution is 2.03. The van der Waals surface area contributed by atoms with Crippen LogP contribution >= 0.6 is 0 Å². The summed E-state index contributed by atoms with van der Waals surface area (Å²) in [4.78, 5) is 13.3. The maximum atomic E-state index is 11.4. The molecule has 1 atom stereocenters. The summed E-state index contributed by atoms with van der Waals surface area (Å²) in [5, 5.41) is 2.74. The van der Waals surface area contributed by atoms with Crippen molar-refractivity contribution in [3.63, 3.8) is 0 Å². The van der Waals surface area contributed by atoms with E-state index in [2.05, 4.69) is 25.7 Å². The van der Waals surface area contributed by atoms with Gasteiger partial charge >= 0.3 is 0 Å². The van der Waals surface area contributed by atoms with Crippen LogP contribution in [-0.2, 0) is 4.79 Å². The Morgan fingerprint density at radius 1 is 1.56 bits per heavy atom. The van der Waals surface area contributed by atoms with Crippen LogP contribution in [0.2, 0.25) is 0 Å². The zero-order valence-corrected chi connectivity index (χ0v) is 10.7. The molecule has 0 aromatic carbocycles. The van der Waals surface area contributed by atoms with Crippen LogP contribution in [0.1, 0.15) is 20.3 Å². The lowest BCUT2D eigenvalue weighted by atomic mass is 10.0. The number of hydrogen-bond donors (Lipinski definition) is 2. The van der Waals surface area contributed by atoms with Crippen LogP contribution in [0.4, 0.5) is 0 Å². The van der Waals surface area contributed by atoms with Crippen LogP contribution in [0.5, 0.6) is 0 Å². The van der Waals surface area contributed by atoms with Crippen molar-refractivity contribution in [1.29, 1.82) is 0 Å². The molecule has 3 N–H and O–H groups in total. The predicted molar refractivity (Wildman–Crippen MR) is 68.1 cm³/mol. The summed E-state index contributed by atoms with van der Waals surface area (Å²) in [6, 6.07) is 0.207. The monoisotopic (exact) mass is 227 g/mol. The number of carbonyl (C=O) groups is 1. The molecule has 1 unspecified atom stereocenters. The van der Waals surface area contributed by atoms with Gasteiger partial charge in [0.2, 0.25) is 5.91 Å². The van der Waals surface area contributed by atoms with E-state index >= 15 is 0 Å². The van der Waals surface area contributed by atoms with Crippen molar-refractivity contribution in [2.24, 2.45) is 11.7 Å². The van der Waals surface area contributed by atoms with E-state index in [1.54, 1.807) is 6.08 Å². The van der Waals surface area contributed by atoms with E-state index in [4.69, 9.17) is 5.73 Å². The average molecular weight is 227 g/mol. The number of nitrogens with one attached hydrogen (secondary N) is 1. The van der Waals surface area contributed by atoms with E-state index < -0.39 is 0 Å². The standard InChI is InChI=1S/C12H25N3O/c1-5-7-14-12(16)9-15(4)8-6-11(13)10(2)3/h5,10-11H,1,6-9,13H2,2-4H3,(H,14,16). The van der Waals surface area contributed by atoms with Gasteiger partial charge in [0.15, 0.2) is 0 Å². The summed E-state index contributed by atoms with van der Waals surface area (Å²) in [5.41, 5.74) is 5.94. The maximum absolute atomic E-state index is 11.4. The topological polar surface area (TPSA) is 58.4 Å². The van der Waals surface area contributed by atoms with E-state index in [-0.39, 0.29) is 11.9 Å². The Labute approximate surface area is 98.9 Å². The minimum absolute atomic E-state index is 0.0283. The lowest BCUT2D eigenvalue weighted by molar-refractivity contribution is -0.121. The van der Waals surface area contributed by atoms with E-state index in [0.29, 0.717) is 19.0 Å². The first kappa shape index (κ1) is 15.1. The minimum Gasteiger partial charge on any atom is -0.352 e. The van der Waals surface area contributed by atoms with Crippen molar-refractivity contribution in [3.05, 3.63) is 12.7 Å². The molecule has 16 heavy (non-hydrogen) atoms. The average Bonchev–Trinajstić information content (AvgIpc) is 2.22. The molecule has 1 amide bonds. The Hall–Kier alpha value is -0.870. The molecule has 0 aromatic rings. The number of rotatable bonds is 8. The van der Waals surface area contributed by atoms with Crippen LogP contribution < -0.4 is 11.1 Å². The van der Waals surface area contributed by atoms with Gasteiger partial charge in [-0.05, 0) is 25.9 Å². The van der Waals surface area contributed by atoms with Gasteiger partial charge in [0.25, 0.3) is 0 Å². The normalized spacial score (nSPS) is 12.9. The van der Waals surface area contributed by atoms with Crippen molar-refractivity contribution in [3.8, 4) is 0 Å². The number of amides is 1. The fourth-order valence-electron chi connectivity index (χ4n) is 1.27. The second kappa shape index (κ2) is 8.30. The Balaban J connectivity index is 3.69. The molecular weight excluding hydrogens is 202 g/mol. The fraction of sp³-hybridized carbons (Fsp3) is 0.750. The Bertz CT molecular complexity index is 216. The zero-order valence-electron chi connectivity index (χ0n) is 10.7. The Kier molecular flexibility index (Phi) is 7.85. The second-order valence-electron chi connectivity index (χ2n) is 4.53. The number of nitrogens with two attached hydrogens (primary N) is 1. The van der Waals surface area contributed by atoms with Gasteiger partial charge in [-0.3, -0.25) is 9.69 Å². The zero-order chi connectivity index (χ0) is 12.6. The van der Waals surface area contributed by atoms with Crippen molar-refractivity contribution in [1.82, 2.24) is 10.2 Å². The molecule has 4 nitrogen and oxygen atoms in total. The highest BCUT2D eigenvalue weighted by atomic mass is 16.1. The smallest absolute Gasteiger partial charge is 0.234 e. The van der Waals surface area contributed by atoms with Crippen molar-refractivity contribution < 1.29 is 4.79 Å². The first-order chi connectivity index (χ1) is 7.47. The third kappa shape index (κ3) is 7.43. The van der Waals surface area contributed by atoms with E-state index in [9.17, 15) is 4.79 Å². The van der Waals surface area contributed by atoms with E-state index in [0.717, 1.165) is 13.0 Å². The van der Waals surface area contributed by atoms with Crippen LogP contribution in [0, 0.1) is 5.92 Å². The van der Waals surface area contributed by atoms with E-state index in [1.165, 1.54) is 0 Å². The molecule has 0 rings (SSSR count). The quantitative estimate of drug-likeness (QED) is 0.597. The van der Waals surface area contributed by atoms with Gasteiger partial charge in [0, 0.05) is 12.6 Å². The van der Waals surface area contributed by atoms with Gasteiger partial charge in [0.05, 0.1) is 6.54 Å². The highest BCUT2D eigenvalue weighted by Gasteiger charge is 2.10. The molecule has 0 saturated carbocycles. The first-order valence-corrected chi connectivity index (χ1v) is 5.79. The lowest BCUT2D eigenvalue weighted by Gasteiger charge is -2.20. The fourth-order valence-corrected chi connectivity index (χ4v) is 1.27. The summed E-state index contributed by atoms with van der Waals surface area (Å²) in [5.74, 6) is 0.517. The SMILES string of the molecule is C=CCNC(=O)CN(C)CCC(N)C(C)C. The molecule has 0 aromatic heterocycles. The third-order valence-electron chi connectivity index (χ3n) is 2.56. The number of likely N-dealkylation sites (N-methyl/N-ethyl adjacent to an activating group) is 1. The molecule has 0 radical (unpaired) electrons. The van der Waals surface area contributed by atoms with Crippen LogP contribution in [-0.4, -0.2) is 43.5 Å². The molecule has 0 heterocycles. The molecule has 0 aliphatic rings. The second-order valence-corrected chi connectivity index (χ2v) is 4.53. The molecule has 0 spiro atoms. The predicted octanol–water partition coefficient (Wildman–Crippen LogP) is 0.594. The molecule has 0 aliphatic heterocycles. The van der Waals surface area contributed by atoms with Gasteiger partial charge in [-0.25, -0.2) is 0 Å². The summed E-state index contributed by atoms with van der Waals surface area (Å²) in [6.45, 7) is 9.56. The summed E-state index contributed by atoms with van der Waals surface area (Å²) in [6.07, 6.45) is 2.59. The molecular formula is C12H25N3O. The van der Waals surface area contributed by atoms with E-state index in [1.807, 2.05) is 11.9 Å². The van der Waals surface area contributed by atoms with Gasteiger partial charge in [-0.15, -0.1) is 6.58 Å². The van der Waals surface area contributed by atoms with Crippen molar-refractivity contribution in [2.45, 2.75) is 26.3 Å². The van der Waals surface area contributed by atoms with Crippen LogP contribution in [0.15, 0.2) is 12.7 Å². The van der Waals surface area contributed by atoms with Crippen LogP contribution in [0.25, 0.3) is 0 Å². The number of hydrogen-bond acceptors (Lipinski definition) is 3. The Morgan fingerprint density at radius 2 is 2.19 bits per heavy atom. The highest BCUT2D eigenvalue weighted by molar-refractivity contribution is 5.78. The molecule has 0 fully saturated rings. The molecule has 0 bridgehead atoms. The minimum atomic E-state index is 0.0283.